The molecule has 0 aromatic heterocycles. The molecular weight excluding hydrogens is 448 g/mol. The van der Waals surface area contributed by atoms with Crippen molar-refractivity contribution in [2.24, 2.45) is 0 Å². The van der Waals surface area contributed by atoms with Gasteiger partial charge < -0.3 is 9.47 Å². The zero-order chi connectivity index (χ0) is 25.6. The maximum absolute atomic E-state index is 11.2. The summed E-state index contributed by atoms with van der Waals surface area (Å²) in [6.07, 6.45) is 10.7. The van der Waals surface area contributed by atoms with Crippen molar-refractivity contribution in [3.63, 3.8) is 0 Å². The van der Waals surface area contributed by atoms with Crippen LogP contribution in [0.2, 0.25) is 0 Å². The van der Waals surface area contributed by atoms with Gasteiger partial charge in [0.05, 0.1) is 13.2 Å². The normalized spacial score (nSPS) is 10.7. The van der Waals surface area contributed by atoms with Gasteiger partial charge in [0.1, 0.15) is 24.1 Å². The molecule has 0 bridgehead atoms. The topological polar surface area (TPSA) is 52.6 Å². The molecule has 0 amide bonds. The molecule has 190 valence electrons. The number of unbranched alkanes of at least 4 members (excludes halogenated alkanes) is 6. The predicted octanol–water partition coefficient (Wildman–Crippen LogP) is 8.56. The minimum atomic E-state index is 0.639. The van der Waals surface area contributed by atoms with Gasteiger partial charge in [-0.05, 0) is 36.1 Å². The Morgan fingerprint density at radius 2 is 0.944 bits per heavy atom. The highest BCUT2D eigenvalue weighted by Gasteiger charge is 2.16. The Labute approximate surface area is 215 Å². The first kappa shape index (κ1) is 27.2. The number of hydrogen-bond acceptors (Lipinski definition) is 4. The smallest absolute Gasteiger partial charge is 0.150 e. The van der Waals surface area contributed by atoms with Crippen LogP contribution in [-0.2, 0) is 0 Å². The van der Waals surface area contributed by atoms with Crippen LogP contribution in [0.5, 0.6) is 11.5 Å². The second kappa shape index (κ2) is 14.9. The number of ether oxygens (including phenoxy) is 2. The Morgan fingerprint density at radius 1 is 0.556 bits per heavy atom. The Kier molecular flexibility index (Phi) is 11.2. The summed E-state index contributed by atoms with van der Waals surface area (Å²) in [5.41, 5.74) is 5.12. The number of benzene rings is 3. The monoisotopic (exact) mass is 486 g/mol. The van der Waals surface area contributed by atoms with Crippen molar-refractivity contribution in [2.45, 2.75) is 65.2 Å². The molecular formula is C32H38O4. The highest BCUT2D eigenvalue weighted by molar-refractivity contribution is 5.84. The van der Waals surface area contributed by atoms with Gasteiger partial charge in [0, 0.05) is 22.3 Å². The van der Waals surface area contributed by atoms with E-state index in [2.05, 4.69) is 26.0 Å². The Morgan fingerprint density at radius 3 is 1.28 bits per heavy atom. The lowest BCUT2D eigenvalue weighted by Gasteiger charge is -2.19. The SMILES string of the molecule is CCCCCCOc1cc(-c2ccc(C=O)cc2)c(OCCCCCC)cc1-c1ccc(C=O)cc1. The molecule has 0 radical (unpaired) electrons. The molecule has 0 N–H and O–H groups in total. The average molecular weight is 487 g/mol. The fourth-order valence-corrected chi connectivity index (χ4v) is 4.15. The molecule has 3 aromatic carbocycles. The molecule has 36 heavy (non-hydrogen) atoms. The Hall–Kier alpha value is -3.40. The molecule has 0 saturated carbocycles. The van der Waals surface area contributed by atoms with Gasteiger partial charge in [-0.3, -0.25) is 9.59 Å². The Bertz CT molecular complexity index is 995. The van der Waals surface area contributed by atoms with Gasteiger partial charge in [-0.1, -0.05) is 101 Å². The first-order valence-corrected chi connectivity index (χ1v) is 13.2. The van der Waals surface area contributed by atoms with Gasteiger partial charge in [0.15, 0.2) is 0 Å². The van der Waals surface area contributed by atoms with Gasteiger partial charge >= 0.3 is 0 Å². The van der Waals surface area contributed by atoms with Crippen LogP contribution in [0.4, 0.5) is 0 Å². The van der Waals surface area contributed by atoms with Crippen LogP contribution in [0.1, 0.15) is 85.9 Å². The van der Waals surface area contributed by atoms with Crippen molar-refractivity contribution in [1.82, 2.24) is 0 Å². The molecule has 0 aliphatic rings. The van der Waals surface area contributed by atoms with E-state index in [1.165, 1.54) is 25.7 Å². The molecule has 4 heteroatoms. The summed E-state index contributed by atoms with van der Waals surface area (Å²) in [7, 11) is 0. The lowest BCUT2D eigenvalue weighted by atomic mass is 9.96. The third-order valence-corrected chi connectivity index (χ3v) is 6.31. The zero-order valence-corrected chi connectivity index (χ0v) is 21.6. The van der Waals surface area contributed by atoms with Crippen molar-refractivity contribution in [3.8, 4) is 33.8 Å². The van der Waals surface area contributed by atoms with Crippen LogP contribution in [-0.4, -0.2) is 25.8 Å². The molecule has 0 unspecified atom stereocenters. The second-order valence-electron chi connectivity index (χ2n) is 9.14. The minimum absolute atomic E-state index is 0.639. The average Bonchev–Trinajstić information content (AvgIpc) is 2.93. The maximum atomic E-state index is 11.2. The van der Waals surface area contributed by atoms with Crippen LogP contribution < -0.4 is 9.47 Å². The van der Waals surface area contributed by atoms with E-state index < -0.39 is 0 Å². The van der Waals surface area contributed by atoms with E-state index in [-0.39, 0.29) is 0 Å². The lowest BCUT2D eigenvalue weighted by molar-refractivity contribution is 0.111. The highest BCUT2D eigenvalue weighted by Crippen LogP contribution is 2.41. The molecule has 0 heterocycles. The third-order valence-electron chi connectivity index (χ3n) is 6.31. The summed E-state index contributed by atoms with van der Waals surface area (Å²) in [6, 6.07) is 19.2. The third kappa shape index (κ3) is 7.81. The molecule has 0 fully saturated rings. The summed E-state index contributed by atoms with van der Waals surface area (Å²) in [5, 5.41) is 0. The number of carbonyl (C=O) groups excluding carboxylic acids is 2. The van der Waals surface area contributed by atoms with Crippen molar-refractivity contribution < 1.29 is 19.1 Å². The van der Waals surface area contributed by atoms with Gasteiger partial charge in [0.25, 0.3) is 0 Å². The van der Waals surface area contributed by atoms with E-state index in [0.29, 0.717) is 24.3 Å². The van der Waals surface area contributed by atoms with E-state index in [1.807, 2.05) is 48.5 Å². The number of aldehydes is 2. The van der Waals surface area contributed by atoms with E-state index >= 15 is 0 Å². The summed E-state index contributed by atoms with van der Waals surface area (Å²) in [5.74, 6) is 1.58. The standard InChI is InChI=1S/C32H38O4/c1-3-5-7-9-19-35-31-21-30(28-17-13-26(24-34)14-18-28)32(36-20-10-8-6-4-2)22-29(31)27-15-11-25(23-33)12-16-27/h11-18,21-24H,3-10,19-20H2,1-2H3. The summed E-state index contributed by atoms with van der Waals surface area (Å²) >= 11 is 0. The van der Waals surface area contributed by atoms with Crippen LogP contribution in [0, 0.1) is 0 Å². The van der Waals surface area contributed by atoms with Gasteiger partial charge in [-0.25, -0.2) is 0 Å². The van der Waals surface area contributed by atoms with Crippen molar-refractivity contribution in [1.29, 1.82) is 0 Å². The van der Waals surface area contributed by atoms with Crippen LogP contribution in [0.15, 0.2) is 60.7 Å². The number of carbonyl (C=O) groups is 2. The van der Waals surface area contributed by atoms with E-state index in [0.717, 1.165) is 72.0 Å². The summed E-state index contributed by atoms with van der Waals surface area (Å²) < 4.78 is 12.7. The zero-order valence-electron chi connectivity index (χ0n) is 21.6. The van der Waals surface area contributed by atoms with Gasteiger partial charge in [0.2, 0.25) is 0 Å². The fourth-order valence-electron chi connectivity index (χ4n) is 4.15. The molecule has 3 rings (SSSR count). The molecule has 0 aliphatic carbocycles. The maximum Gasteiger partial charge on any atom is 0.150 e. The van der Waals surface area contributed by atoms with E-state index in [4.69, 9.17) is 9.47 Å². The van der Waals surface area contributed by atoms with Crippen molar-refractivity contribution in [3.05, 3.63) is 71.8 Å². The molecule has 0 aliphatic heterocycles. The molecule has 0 atom stereocenters. The Balaban J connectivity index is 2.01. The summed E-state index contributed by atoms with van der Waals surface area (Å²) in [4.78, 5) is 22.4. The van der Waals surface area contributed by atoms with Gasteiger partial charge in [-0.2, -0.15) is 0 Å². The van der Waals surface area contributed by atoms with Crippen LogP contribution in [0.3, 0.4) is 0 Å². The lowest BCUT2D eigenvalue weighted by Crippen LogP contribution is -2.03. The number of rotatable bonds is 16. The molecule has 0 spiro atoms. The molecule has 3 aromatic rings. The largest absolute Gasteiger partial charge is 0.493 e. The van der Waals surface area contributed by atoms with Crippen molar-refractivity contribution >= 4 is 12.6 Å². The minimum Gasteiger partial charge on any atom is -0.493 e. The quantitative estimate of drug-likeness (QED) is 0.150. The molecule has 0 saturated heterocycles. The second-order valence-corrected chi connectivity index (χ2v) is 9.14. The first-order valence-electron chi connectivity index (χ1n) is 13.2. The van der Waals surface area contributed by atoms with E-state index in [1.54, 1.807) is 0 Å². The summed E-state index contributed by atoms with van der Waals surface area (Å²) in [6.45, 7) is 5.68. The fraction of sp³-hybridized carbons (Fsp3) is 0.375. The highest BCUT2D eigenvalue weighted by atomic mass is 16.5. The molecule has 4 nitrogen and oxygen atoms in total. The van der Waals surface area contributed by atoms with Crippen LogP contribution in [0.25, 0.3) is 22.3 Å². The number of hydrogen-bond donors (Lipinski definition) is 0. The van der Waals surface area contributed by atoms with Crippen molar-refractivity contribution in [2.75, 3.05) is 13.2 Å². The van der Waals surface area contributed by atoms with Crippen LogP contribution >= 0.6 is 0 Å². The van der Waals surface area contributed by atoms with E-state index in [9.17, 15) is 9.59 Å². The first-order chi connectivity index (χ1) is 17.7. The van der Waals surface area contributed by atoms with Gasteiger partial charge in [-0.15, -0.1) is 0 Å². The predicted molar refractivity (Wildman–Crippen MR) is 147 cm³/mol.